The standard InChI is InChI=1S/C22H20BrClN4O3S/c1-4-17(29)28-16-9-7-6-8-13(16)18-20(25-22(27-26-18)32-5-2)31-21(28)14-10-12(24)11-15(23)19(14)30-3/h6-11,21H,4-5H2,1-3H3. The first kappa shape index (κ1) is 22.8. The molecule has 1 aliphatic heterocycles. The topological polar surface area (TPSA) is 77.4 Å². The minimum absolute atomic E-state index is 0.135. The molecule has 0 N–H and O–H groups in total. The van der Waals surface area contributed by atoms with Crippen LogP contribution in [0.15, 0.2) is 46.0 Å². The Kier molecular flexibility index (Phi) is 6.88. The fourth-order valence-corrected chi connectivity index (χ4v) is 5.03. The Balaban J connectivity index is 2.01. The molecule has 0 saturated heterocycles. The Hall–Kier alpha value is -2.36. The van der Waals surface area contributed by atoms with Gasteiger partial charge in [0.1, 0.15) is 5.75 Å². The third kappa shape index (κ3) is 4.16. The summed E-state index contributed by atoms with van der Waals surface area (Å²) >= 11 is 11.3. The van der Waals surface area contributed by atoms with Crippen LogP contribution < -0.4 is 14.4 Å². The van der Waals surface area contributed by atoms with E-state index >= 15 is 0 Å². The molecule has 7 nitrogen and oxygen atoms in total. The van der Waals surface area contributed by atoms with Crippen molar-refractivity contribution >= 4 is 50.9 Å². The van der Waals surface area contributed by atoms with Gasteiger partial charge in [-0.15, -0.1) is 10.2 Å². The summed E-state index contributed by atoms with van der Waals surface area (Å²) in [4.78, 5) is 19.5. The molecule has 0 aliphatic carbocycles. The molecule has 0 bridgehead atoms. The highest BCUT2D eigenvalue weighted by Gasteiger charge is 2.37. The van der Waals surface area contributed by atoms with Crippen LogP contribution in [0.2, 0.25) is 5.02 Å². The van der Waals surface area contributed by atoms with E-state index in [4.69, 9.17) is 21.1 Å². The molecule has 32 heavy (non-hydrogen) atoms. The first-order valence-electron chi connectivity index (χ1n) is 9.97. The number of para-hydroxylation sites is 1. The zero-order chi connectivity index (χ0) is 22.8. The molecule has 1 aromatic heterocycles. The number of hydrogen-bond donors (Lipinski definition) is 0. The maximum Gasteiger partial charge on any atom is 0.247 e. The SMILES string of the molecule is CCSc1nnc2c(n1)OC(c1cc(Cl)cc(Br)c1OC)N(C(=O)CC)c1ccccc1-2. The van der Waals surface area contributed by atoms with Gasteiger partial charge in [0.25, 0.3) is 0 Å². The van der Waals surface area contributed by atoms with Crippen LogP contribution in [-0.4, -0.2) is 34.0 Å². The smallest absolute Gasteiger partial charge is 0.247 e. The number of fused-ring (bicyclic) bond motifs is 3. The highest BCUT2D eigenvalue weighted by Crippen LogP contribution is 2.46. The van der Waals surface area contributed by atoms with E-state index in [2.05, 4.69) is 31.1 Å². The van der Waals surface area contributed by atoms with Gasteiger partial charge in [-0.25, -0.2) is 0 Å². The summed E-state index contributed by atoms with van der Waals surface area (Å²) in [6.07, 6.45) is -0.615. The van der Waals surface area contributed by atoms with Gasteiger partial charge >= 0.3 is 0 Å². The lowest BCUT2D eigenvalue weighted by atomic mass is 10.1. The van der Waals surface area contributed by atoms with Crippen molar-refractivity contribution in [3.8, 4) is 22.9 Å². The summed E-state index contributed by atoms with van der Waals surface area (Å²) in [5.41, 5.74) is 2.41. The van der Waals surface area contributed by atoms with Gasteiger partial charge in [0, 0.05) is 17.0 Å². The van der Waals surface area contributed by atoms with Crippen LogP contribution in [0.1, 0.15) is 32.1 Å². The van der Waals surface area contributed by atoms with E-state index in [1.807, 2.05) is 31.2 Å². The van der Waals surface area contributed by atoms with Crippen molar-refractivity contribution in [1.82, 2.24) is 15.2 Å². The Morgan fingerprint density at radius 2 is 2.06 bits per heavy atom. The van der Waals surface area contributed by atoms with Crippen LogP contribution in [0, 0.1) is 0 Å². The molecule has 1 atom stereocenters. The summed E-state index contributed by atoms with van der Waals surface area (Å²) in [7, 11) is 1.56. The zero-order valence-electron chi connectivity index (χ0n) is 17.6. The number of nitrogens with zero attached hydrogens (tertiary/aromatic N) is 4. The summed E-state index contributed by atoms with van der Waals surface area (Å²) < 4.78 is 12.7. The Bertz CT molecular complexity index is 1180. The van der Waals surface area contributed by atoms with E-state index in [1.165, 1.54) is 11.8 Å². The quantitative estimate of drug-likeness (QED) is 0.376. The Labute approximate surface area is 203 Å². The lowest BCUT2D eigenvalue weighted by Gasteiger charge is -2.31. The van der Waals surface area contributed by atoms with E-state index < -0.39 is 6.23 Å². The number of thioether (sulfide) groups is 1. The number of amides is 1. The molecule has 3 aromatic rings. The van der Waals surface area contributed by atoms with Gasteiger partial charge in [-0.3, -0.25) is 9.69 Å². The summed E-state index contributed by atoms with van der Waals surface area (Å²) in [6, 6.07) is 10.9. The third-order valence-electron chi connectivity index (χ3n) is 4.86. The van der Waals surface area contributed by atoms with Crippen LogP contribution in [0.5, 0.6) is 11.6 Å². The average molecular weight is 536 g/mol. The summed E-state index contributed by atoms with van der Waals surface area (Å²) in [5.74, 6) is 1.46. The van der Waals surface area contributed by atoms with E-state index in [9.17, 15) is 4.79 Å². The molecule has 10 heteroatoms. The number of halogens is 2. The van der Waals surface area contributed by atoms with Gasteiger partial charge in [0.15, 0.2) is 5.69 Å². The van der Waals surface area contributed by atoms with Gasteiger partial charge < -0.3 is 9.47 Å². The number of rotatable bonds is 5. The number of carbonyl (C=O) groups excluding carboxylic acids is 1. The first-order chi connectivity index (χ1) is 15.5. The van der Waals surface area contributed by atoms with Gasteiger partial charge in [-0.1, -0.05) is 55.4 Å². The fourth-order valence-electron chi connectivity index (χ4n) is 3.53. The molecule has 1 unspecified atom stereocenters. The molecule has 0 spiro atoms. The van der Waals surface area contributed by atoms with Crippen molar-refractivity contribution in [1.29, 1.82) is 0 Å². The van der Waals surface area contributed by atoms with Crippen molar-refractivity contribution in [3.63, 3.8) is 0 Å². The third-order valence-corrected chi connectivity index (χ3v) is 6.39. The minimum atomic E-state index is -0.883. The van der Waals surface area contributed by atoms with Crippen LogP contribution in [0.25, 0.3) is 11.3 Å². The number of benzene rings is 2. The monoisotopic (exact) mass is 534 g/mol. The number of anilines is 1. The fraction of sp³-hybridized carbons (Fsp3) is 0.273. The van der Waals surface area contributed by atoms with Crippen molar-refractivity contribution in [2.24, 2.45) is 0 Å². The maximum absolute atomic E-state index is 13.3. The average Bonchev–Trinajstić information content (AvgIpc) is 2.92. The van der Waals surface area contributed by atoms with Crippen LogP contribution >= 0.6 is 39.3 Å². The molecule has 0 radical (unpaired) electrons. The number of ether oxygens (including phenoxy) is 2. The largest absolute Gasteiger partial charge is 0.495 e. The first-order valence-corrected chi connectivity index (χ1v) is 12.1. The molecule has 1 amide bonds. The lowest BCUT2D eigenvalue weighted by Crippen LogP contribution is -2.37. The number of carbonyl (C=O) groups is 1. The number of hydrogen-bond acceptors (Lipinski definition) is 7. The van der Waals surface area contributed by atoms with E-state index in [0.717, 1.165) is 5.75 Å². The van der Waals surface area contributed by atoms with Crippen LogP contribution in [-0.2, 0) is 4.79 Å². The number of methoxy groups -OCH3 is 1. The maximum atomic E-state index is 13.3. The zero-order valence-corrected chi connectivity index (χ0v) is 20.8. The van der Waals surface area contributed by atoms with E-state index in [-0.39, 0.29) is 18.2 Å². The second kappa shape index (κ2) is 9.64. The van der Waals surface area contributed by atoms with Gasteiger partial charge in [0.2, 0.25) is 23.2 Å². The summed E-state index contributed by atoms with van der Waals surface area (Å²) in [6.45, 7) is 3.81. The second-order valence-electron chi connectivity index (χ2n) is 6.80. The van der Waals surface area contributed by atoms with E-state index in [1.54, 1.807) is 31.1 Å². The molecule has 0 fully saturated rings. The predicted octanol–water partition coefficient (Wildman–Crippen LogP) is 5.91. The van der Waals surface area contributed by atoms with Crippen LogP contribution in [0.3, 0.4) is 0 Å². The minimum Gasteiger partial charge on any atom is -0.495 e. The molecular formula is C22H20BrClN4O3S. The molecule has 4 rings (SSSR count). The predicted molar refractivity (Wildman–Crippen MR) is 129 cm³/mol. The normalized spacial score (nSPS) is 14.8. The van der Waals surface area contributed by atoms with Gasteiger partial charge in [-0.05, 0) is 39.9 Å². The van der Waals surface area contributed by atoms with E-state index in [0.29, 0.717) is 42.9 Å². The second-order valence-corrected chi connectivity index (χ2v) is 9.32. The molecule has 2 heterocycles. The highest BCUT2D eigenvalue weighted by atomic mass is 79.9. The van der Waals surface area contributed by atoms with Gasteiger partial charge in [0.05, 0.1) is 22.8 Å². The molecule has 166 valence electrons. The summed E-state index contributed by atoms with van der Waals surface area (Å²) in [5, 5.41) is 9.61. The number of aromatic nitrogens is 3. The van der Waals surface area contributed by atoms with Crippen molar-refractivity contribution in [2.75, 3.05) is 17.8 Å². The molecule has 0 saturated carbocycles. The van der Waals surface area contributed by atoms with Crippen molar-refractivity contribution in [2.45, 2.75) is 31.7 Å². The van der Waals surface area contributed by atoms with Crippen LogP contribution in [0.4, 0.5) is 5.69 Å². The molecule has 1 aliphatic rings. The Morgan fingerprint density at radius 1 is 1.28 bits per heavy atom. The van der Waals surface area contributed by atoms with Crippen molar-refractivity contribution < 1.29 is 14.3 Å². The molecule has 2 aromatic carbocycles. The highest BCUT2D eigenvalue weighted by molar-refractivity contribution is 9.10. The Morgan fingerprint density at radius 3 is 2.78 bits per heavy atom. The van der Waals surface area contributed by atoms with Gasteiger partial charge in [-0.2, -0.15) is 4.98 Å². The van der Waals surface area contributed by atoms with Crippen molar-refractivity contribution in [3.05, 3.63) is 51.5 Å². The molecular weight excluding hydrogens is 516 g/mol. The lowest BCUT2D eigenvalue weighted by molar-refractivity contribution is -0.120.